The van der Waals surface area contributed by atoms with E-state index in [2.05, 4.69) is 58.0 Å². The summed E-state index contributed by atoms with van der Waals surface area (Å²) in [6.45, 7) is 8.14. The third-order valence-electron chi connectivity index (χ3n) is 10.5. The Morgan fingerprint density at radius 3 is 1.67 bits per heavy atom. The smallest absolute Gasteiger partial charge is 0.404 e. The Morgan fingerprint density at radius 2 is 1.18 bits per heavy atom. The van der Waals surface area contributed by atoms with Crippen LogP contribution in [-0.2, 0) is 68.4 Å². The minimum atomic E-state index is -4.85. The van der Waals surface area contributed by atoms with Gasteiger partial charge < -0.3 is 79.5 Å². The molecular weight excluding hydrogens is 1020 g/mol. The van der Waals surface area contributed by atoms with Gasteiger partial charge in [-0.15, -0.1) is 12.3 Å². The summed E-state index contributed by atoms with van der Waals surface area (Å²) in [5, 5.41) is 20.3. The van der Waals surface area contributed by atoms with Crippen LogP contribution in [-0.4, -0.2) is 157 Å². The number of rotatable bonds is 37. The molecule has 0 heterocycles. The molecule has 30 heteroatoms. The number of guanidine groups is 1. The number of terminal acetylenes is 1. The van der Waals surface area contributed by atoms with Crippen LogP contribution < -0.4 is 70.0 Å². The molecule has 29 nitrogen and oxygen atoms in total. The SMILES string of the molecule is C#CC[C@H](NC(=O)CCC(=O)NCCOCCOCCNC(=O)[C@H](CCCN=C(N)N)NC(=O)[C@@H](NC(=O)[C@H](CC(N)=O)NC(=O)[C@@H](NC(=O)[C@H](Cc1ccc(OP(=O)(O)O)cc1)NC(C)=O)C(C)C)C(C)C)C(N)=O. The fraction of sp³-hybridized carbons (Fsp3) is 0.587. The maximum absolute atomic E-state index is 13.8. The molecule has 0 aliphatic heterocycles. The van der Waals surface area contributed by atoms with Crippen molar-refractivity contribution in [3.63, 3.8) is 0 Å². The summed E-state index contributed by atoms with van der Waals surface area (Å²) in [7, 11) is -4.85. The van der Waals surface area contributed by atoms with Crippen molar-refractivity contribution in [3.8, 4) is 18.1 Å². The molecule has 424 valence electrons. The molecule has 1 aromatic rings. The van der Waals surface area contributed by atoms with E-state index in [1.54, 1.807) is 27.7 Å². The lowest BCUT2D eigenvalue weighted by molar-refractivity contribution is -0.137. The van der Waals surface area contributed by atoms with E-state index < -0.39 is 121 Å². The van der Waals surface area contributed by atoms with Gasteiger partial charge in [-0.1, -0.05) is 39.8 Å². The molecule has 10 amide bonds. The van der Waals surface area contributed by atoms with Crippen LogP contribution in [0.15, 0.2) is 29.3 Å². The highest BCUT2D eigenvalue weighted by molar-refractivity contribution is 7.46. The third-order valence-corrected chi connectivity index (χ3v) is 10.9. The lowest BCUT2D eigenvalue weighted by Gasteiger charge is -2.29. The summed E-state index contributed by atoms with van der Waals surface area (Å²) in [5.74, 6) is -6.95. The van der Waals surface area contributed by atoms with E-state index in [1.807, 2.05) is 0 Å². The number of carbonyl (C=O) groups excluding carboxylic acids is 10. The zero-order valence-corrected chi connectivity index (χ0v) is 44.1. The van der Waals surface area contributed by atoms with Crippen LogP contribution in [0.3, 0.4) is 0 Å². The second-order valence-electron chi connectivity index (χ2n) is 17.7. The van der Waals surface area contributed by atoms with E-state index in [4.69, 9.17) is 48.6 Å². The predicted molar refractivity (Wildman–Crippen MR) is 273 cm³/mol. The summed E-state index contributed by atoms with van der Waals surface area (Å²) in [6.07, 6.45) is 4.15. The molecule has 0 aliphatic rings. The van der Waals surface area contributed by atoms with Crippen molar-refractivity contribution in [2.24, 2.45) is 39.8 Å². The summed E-state index contributed by atoms with van der Waals surface area (Å²) >= 11 is 0. The molecule has 1 aromatic carbocycles. The van der Waals surface area contributed by atoms with Gasteiger partial charge in [0.25, 0.3) is 0 Å². The first-order valence-corrected chi connectivity index (χ1v) is 25.5. The maximum atomic E-state index is 13.8. The molecule has 6 atom stereocenters. The first-order chi connectivity index (χ1) is 35.6. The molecule has 18 N–H and O–H groups in total. The highest BCUT2D eigenvalue weighted by Gasteiger charge is 2.35. The van der Waals surface area contributed by atoms with Crippen molar-refractivity contribution in [2.75, 3.05) is 46.1 Å². The molecule has 0 fully saturated rings. The molecule has 0 saturated heterocycles. The minimum Gasteiger partial charge on any atom is -0.404 e. The van der Waals surface area contributed by atoms with Crippen LogP contribution in [0.25, 0.3) is 0 Å². The van der Waals surface area contributed by atoms with Gasteiger partial charge in [-0.2, -0.15) is 0 Å². The molecule has 0 aromatic heterocycles. The Morgan fingerprint density at radius 1 is 0.658 bits per heavy atom. The number of ether oxygens (including phenoxy) is 2. The number of primary amides is 2. The number of phosphoric acid groups is 1. The fourth-order valence-corrected chi connectivity index (χ4v) is 7.07. The van der Waals surface area contributed by atoms with Gasteiger partial charge >= 0.3 is 7.82 Å². The van der Waals surface area contributed by atoms with Crippen molar-refractivity contribution in [1.29, 1.82) is 0 Å². The minimum absolute atomic E-state index is 0.00376. The van der Waals surface area contributed by atoms with Crippen LogP contribution in [0.2, 0.25) is 0 Å². The normalized spacial score (nSPS) is 13.4. The summed E-state index contributed by atoms with van der Waals surface area (Å²) in [6, 6.07) is -2.52. The number of hydrogen-bond donors (Lipinski definition) is 14. The second kappa shape index (κ2) is 35.0. The Balaban J connectivity index is 2.93. The number of nitrogens with two attached hydrogens (primary N) is 4. The highest BCUT2D eigenvalue weighted by Crippen LogP contribution is 2.37. The van der Waals surface area contributed by atoms with E-state index in [0.717, 1.165) is 6.92 Å². The fourth-order valence-electron chi connectivity index (χ4n) is 6.67. The van der Waals surface area contributed by atoms with Crippen molar-refractivity contribution < 1.29 is 76.3 Å². The van der Waals surface area contributed by atoms with Crippen molar-refractivity contribution >= 4 is 72.9 Å². The van der Waals surface area contributed by atoms with Crippen molar-refractivity contribution in [2.45, 2.75) is 116 Å². The van der Waals surface area contributed by atoms with Crippen LogP contribution in [0.1, 0.15) is 78.7 Å². The van der Waals surface area contributed by atoms with E-state index >= 15 is 0 Å². The number of amides is 10. The van der Waals surface area contributed by atoms with Gasteiger partial charge in [0.05, 0.1) is 32.8 Å². The van der Waals surface area contributed by atoms with Gasteiger partial charge in [0, 0.05) is 52.2 Å². The first-order valence-electron chi connectivity index (χ1n) is 24.0. The van der Waals surface area contributed by atoms with Gasteiger partial charge in [0.15, 0.2) is 5.96 Å². The van der Waals surface area contributed by atoms with Gasteiger partial charge in [0.2, 0.25) is 59.1 Å². The molecule has 1 rings (SSSR count). The lowest BCUT2D eigenvalue weighted by atomic mass is 9.99. The number of nitrogens with zero attached hydrogens (tertiary/aromatic N) is 1. The summed E-state index contributed by atoms with van der Waals surface area (Å²) in [5.41, 5.74) is 22.0. The first kappa shape index (κ1) is 66.6. The van der Waals surface area contributed by atoms with E-state index in [0.29, 0.717) is 5.56 Å². The molecule has 0 unspecified atom stereocenters. The monoisotopic (exact) mass is 1100 g/mol. The van der Waals surface area contributed by atoms with Crippen LogP contribution >= 0.6 is 7.82 Å². The van der Waals surface area contributed by atoms with Crippen LogP contribution in [0.5, 0.6) is 5.75 Å². The molecule has 76 heavy (non-hydrogen) atoms. The zero-order valence-electron chi connectivity index (χ0n) is 43.2. The predicted octanol–water partition coefficient (Wildman–Crippen LogP) is -4.58. The lowest BCUT2D eigenvalue weighted by Crippen LogP contribution is -2.61. The van der Waals surface area contributed by atoms with Crippen molar-refractivity contribution in [1.82, 2.24) is 42.5 Å². The van der Waals surface area contributed by atoms with Gasteiger partial charge in [-0.3, -0.25) is 62.7 Å². The Bertz CT molecular complexity index is 2250. The topological polar surface area (TPSA) is 469 Å². The maximum Gasteiger partial charge on any atom is 0.524 e. The largest absolute Gasteiger partial charge is 0.524 e. The summed E-state index contributed by atoms with van der Waals surface area (Å²) in [4.78, 5) is 150. The van der Waals surface area contributed by atoms with Crippen LogP contribution in [0, 0.1) is 24.2 Å². The number of nitrogens with one attached hydrogen (secondary N) is 8. The van der Waals surface area contributed by atoms with Gasteiger partial charge in [-0.05, 0) is 42.4 Å². The Kier molecular flexibility index (Phi) is 30.7. The number of phosphoric ester groups is 1. The zero-order chi connectivity index (χ0) is 57.5. The number of aliphatic imine (C=N–C) groups is 1. The number of benzene rings is 1. The Hall–Kier alpha value is -7.38. The third kappa shape index (κ3) is 28.9. The molecule has 0 bridgehead atoms. The second-order valence-corrected chi connectivity index (χ2v) is 18.8. The molecule has 0 aliphatic carbocycles. The molecule has 0 spiro atoms. The summed E-state index contributed by atoms with van der Waals surface area (Å²) < 4.78 is 26.7. The average Bonchev–Trinajstić information content (AvgIpc) is 3.31. The van der Waals surface area contributed by atoms with Gasteiger partial charge in [0.1, 0.15) is 42.0 Å². The van der Waals surface area contributed by atoms with Gasteiger partial charge in [-0.25, -0.2) is 4.57 Å². The van der Waals surface area contributed by atoms with Crippen molar-refractivity contribution in [3.05, 3.63) is 29.8 Å². The Labute approximate surface area is 440 Å². The van der Waals surface area contributed by atoms with Crippen LogP contribution in [0.4, 0.5) is 0 Å². The van der Waals surface area contributed by atoms with E-state index in [9.17, 15) is 52.5 Å². The molecule has 0 radical (unpaired) electrons. The quantitative estimate of drug-likeness (QED) is 0.00980. The van der Waals surface area contributed by atoms with E-state index in [-0.39, 0.29) is 96.3 Å². The molecule has 0 saturated carbocycles. The number of carbonyl (C=O) groups is 10. The number of hydrogen-bond acceptors (Lipinski definition) is 15. The standard InChI is InChI=1S/C46H74N13O16P/c1-7-9-31(40(48)64)55-37(63)16-15-36(62)51-18-20-73-22-23-74-21-19-52-41(65)32(10-8-17-53-46(49)50)56-44(68)38(26(2)3)59-43(67)34(25-35(47)61)57-45(69)39(27(4)5)58-42(66)33(54-28(6)60)24-29-11-13-30(14-12-29)75-76(70,71)72/h1,11-14,26-27,31-34,38-39H,8-10,15-25H2,2-6H3,(H2,47,61)(H2,48,64)(H,51,62)(H,52,65)(H,54,60)(H,55,63)(H,56,68)(H,57,69)(H,58,66)(H,59,67)(H4,49,50,53)(H2,70,71,72)/t31-,32-,33-,34-,38-,39-/m0/s1. The molecular formula is C46H74N13O16P. The average molecular weight is 1100 g/mol. The highest BCUT2D eigenvalue weighted by atomic mass is 31.2. The van der Waals surface area contributed by atoms with E-state index in [1.165, 1.54) is 24.3 Å².